The Hall–Kier alpha value is -2.32. The predicted octanol–water partition coefficient (Wildman–Crippen LogP) is 3.49. The summed E-state index contributed by atoms with van der Waals surface area (Å²) in [5.41, 5.74) is 0.729. The fraction of sp³-hybridized carbons (Fsp3) is 0.593. The molecule has 3 unspecified atom stereocenters. The molecule has 4 rings (SSSR count). The normalized spacial score (nSPS) is 32.9. The highest BCUT2D eigenvalue weighted by molar-refractivity contribution is 8.02. The minimum atomic E-state index is -0.990. The van der Waals surface area contributed by atoms with E-state index in [1.165, 1.54) is 16.7 Å². The molecule has 1 aromatic carbocycles. The molecule has 35 heavy (non-hydrogen) atoms. The largest absolute Gasteiger partial charge is 0.481 e. The lowest BCUT2D eigenvalue weighted by molar-refractivity contribution is -0.151. The van der Waals surface area contributed by atoms with E-state index in [2.05, 4.69) is 13.5 Å². The molecule has 3 aliphatic heterocycles. The topological polar surface area (TPSA) is 98.2 Å². The number of hydrogen-bond donors (Lipinski definition) is 2. The van der Waals surface area contributed by atoms with E-state index < -0.39 is 39.4 Å². The number of carboxylic acid groups (broad SMARTS) is 1. The number of rotatable bonds is 10. The van der Waals surface area contributed by atoms with Gasteiger partial charge in [0.2, 0.25) is 11.8 Å². The van der Waals surface area contributed by atoms with Gasteiger partial charge in [-0.3, -0.25) is 14.4 Å². The van der Waals surface area contributed by atoms with Crippen molar-refractivity contribution in [3.05, 3.63) is 48.6 Å². The number of carbonyl (C=O) groups is 3. The van der Waals surface area contributed by atoms with Crippen LogP contribution in [0, 0.1) is 11.8 Å². The van der Waals surface area contributed by atoms with Crippen molar-refractivity contribution < 1.29 is 24.6 Å². The fourth-order valence-electron chi connectivity index (χ4n) is 6.74. The summed E-state index contributed by atoms with van der Waals surface area (Å²) in [6.07, 6.45) is 4.64. The first-order chi connectivity index (χ1) is 16.7. The average Bonchev–Trinajstić information content (AvgIpc) is 3.39. The van der Waals surface area contributed by atoms with E-state index in [0.29, 0.717) is 19.4 Å². The van der Waals surface area contributed by atoms with Crippen molar-refractivity contribution in [1.29, 1.82) is 0 Å². The van der Waals surface area contributed by atoms with Gasteiger partial charge in [-0.15, -0.1) is 18.3 Å². The van der Waals surface area contributed by atoms with E-state index in [0.717, 1.165) is 18.4 Å². The summed E-state index contributed by atoms with van der Waals surface area (Å²) >= 11 is 1.52. The Balaban J connectivity index is 1.87. The lowest BCUT2D eigenvalue weighted by Crippen LogP contribution is -2.57. The highest BCUT2D eigenvalue weighted by Gasteiger charge is 2.78. The van der Waals surface area contributed by atoms with Gasteiger partial charge in [0, 0.05) is 17.3 Å². The van der Waals surface area contributed by atoms with Crippen LogP contribution >= 0.6 is 11.8 Å². The number of aliphatic hydroxyl groups is 1. The van der Waals surface area contributed by atoms with Crippen molar-refractivity contribution in [2.24, 2.45) is 11.8 Å². The molecule has 1 aromatic rings. The Labute approximate surface area is 211 Å². The van der Waals surface area contributed by atoms with Crippen LogP contribution in [0.2, 0.25) is 0 Å². The Bertz CT molecular complexity index is 1000. The van der Waals surface area contributed by atoms with Crippen LogP contribution in [-0.4, -0.2) is 72.5 Å². The zero-order valence-corrected chi connectivity index (χ0v) is 21.5. The summed E-state index contributed by atoms with van der Waals surface area (Å²) in [6.45, 7) is 9.83. The quantitative estimate of drug-likeness (QED) is 0.477. The number of carboxylic acids is 1. The summed E-state index contributed by atoms with van der Waals surface area (Å²) in [7, 11) is 0. The molecule has 7 atom stereocenters. The van der Waals surface area contributed by atoms with Gasteiger partial charge in [0.15, 0.2) is 0 Å². The van der Waals surface area contributed by atoms with Crippen LogP contribution in [0.3, 0.4) is 0 Å². The van der Waals surface area contributed by atoms with Gasteiger partial charge in [-0.1, -0.05) is 49.8 Å². The van der Waals surface area contributed by atoms with Crippen molar-refractivity contribution in [2.45, 2.75) is 74.1 Å². The minimum Gasteiger partial charge on any atom is -0.481 e. The number of hydrogen-bond acceptors (Lipinski definition) is 5. The molecule has 3 heterocycles. The number of thioether (sulfide) groups is 1. The second-order valence-electron chi connectivity index (χ2n) is 10.3. The van der Waals surface area contributed by atoms with E-state index in [4.69, 9.17) is 0 Å². The number of benzene rings is 1. The van der Waals surface area contributed by atoms with Crippen molar-refractivity contribution >= 4 is 29.5 Å². The molecule has 3 saturated heterocycles. The lowest BCUT2D eigenvalue weighted by atomic mass is 9.66. The van der Waals surface area contributed by atoms with E-state index >= 15 is 0 Å². The molecule has 3 aliphatic rings. The first-order valence-electron chi connectivity index (χ1n) is 12.5. The zero-order valence-electron chi connectivity index (χ0n) is 20.7. The molecule has 1 spiro atoms. The Morgan fingerprint density at radius 2 is 2.00 bits per heavy atom. The molecule has 0 aromatic heterocycles. The Morgan fingerprint density at radius 3 is 2.57 bits per heavy atom. The maximum atomic E-state index is 14.4. The molecule has 8 heteroatoms. The first-order valence-corrected chi connectivity index (χ1v) is 13.3. The number of nitrogens with zero attached hydrogens (tertiary/aromatic N) is 2. The van der Waals surface area contributed by atoms with Crippen LogP contribution < -0.4 is 0 Å². The number of likely N-dealkylation sites (tertiary alicyclic amines) is 1. The van der Waals surface area contributed by atoms with Crippen molar-refractivity contribution in [3.63, 3.8) is 0 Å². The number of fused-ring (bicyclic) bond motifs is 1. The second kappa shape index (κ2) is 9.62. The maximum Gasteiger partial charge on any atom is 0.308 e. The molecular formula is C27H36N2O5S. The van der Waals surface area contributed by atoms with Crippen LogP contribution in [0.4, 0.5) is 0 Å². The van der Waals surface area contributed by atoms with E-state index in [1.807, 2.05) is 44.2 Å². The summed E-state index contributed by atoms with van der Waals surface area (Å²) in [5, 5.41) is 20.7. The zero-order chi connectivity index (χ0) is 25.5. The van der Waals surface area contributed by atoms with Gasteiger partial charge >= 0.3 is 5.97 Å². The second-order valence-corrected chi connectivity index (χ2v) is 12.2. The summed E-state index contributed by atoms with van der Waals surface area (Å²) in [6, 6.07) is 7.56. The van der Waals surface area contributed by atoms with Gasteiger partial charge in [-0.2, -0.15) is 0 Å². The smallest absolute Gasteiger partial charge is 0.308 e. The van der Waals surface area contributed by atoms with Gasteiger partial charge in [-0.05, 0) is 38.7 Å². The maximum absolute atomic E-state index is 14.4. The van der Waals surface area contributed by atoms with Crippen LogP contribution in [0.25, 0.3) is 0 Å². The van der Waals surface area contributed by atoms with Crippen molar-refractivity contribution in [2.75, 3.05) is 13.2 Å². The molecule has 190 valence electrons. The Morgan fingerprint density at radius 1 is 1.31 bits per heavy atom. The van der Waals surface area contributed by atoms with Crippen LogP contribution in [0.1, 0.15) is 58.1 Å². The third kappa shape index (κ3) is 3.89. The molecular weight excluding hydrogens is 464 g/mol. The highest BCUT2D eigenvalue weighted by atomic mass is 32.2. The van der Waals surface area contributed by atoms with Gasteiger partial charge < -0.3 is 20.0 Å². The molecule has 2 bridgehead atoms. The lowest BCUT2D eigenvalue weighted by Gasteiger charge is -2.41. The fourth-order valence-corrected chi connectivity index (χ4v) is 9.07. The number of aliphatic hydroxyl groups excluding tert-OH is 1. The summed E-state index contributed by atoms with van der Waals surface area (Å²) < 4.78 is -1.43. The third-order valence-corrected chi connectivity index (χ3v) is 10.2. The van der Waals surface area contributed by atoms with Gasteiger partial charge in [-0.25, -0.2) is 0 Å². The Kier molecular flexibility index (Phi) is 7.08. The summed E-state index contributed by atoms with van der Waals surface area (Å²) in [4.78, 5) is 44.3. The predicted molar refractivity (Wildman–Crippen MR) is 136 cm³/mol. The molecule has 7 nitrogen and oxygen atoms in total. The molecule has 3 fully saturated rings. The minimum absolute atomic E-state index is 0.0586. The van der Waals surface area contributed by atoms with E-state index in [1.54, 1.807) is 11.0 Å². The van der Waals surface area contributed by atoms with Crippen LogP contribution in [0.15, 0.2) is 43.0 Å². The van der Waals surface area contributed by atoms with Crippen molar-refractivity contribution in [3.8, 4) is 0 Å². The highest BCUT2D eigenvalue weighted by Crippen LogP contribution is 2.72. The monoisotopic (exact) mass is 500 g/mol. The van der Waals surface area contributed by atoms with Gasteiger partial charge in [0.1, 0.15) is 6.04 Å². The average molecular weight is 501 g/mol. The SMILES string of the molecule is C=CCN(C(=O)C1N([C@H](CO)c2ccccc2)C(=O)[C@@H]2[C@@H](C(=O)O)[C@@]3(C)CCC12S3)C(C)CCC. The first kappa shape index (κ1) is 25.8. The standard InChI is InChI=1S/C27H36N2O5S/c1-5-10-17(3)28(15-6-2)24(32)22-27-14-13-26(4,35-27)21(25(33)34)20(27)23(31)29(22)19(16-30)18-11-8-7-9-12-18/h6-9,11-12,17,19-22,30H,2,5,10,13-16H2,1,3-4H3,(H,33,34)/t17?,19-,20+,21+,22?,26-,27?/m1/s1. The molecule has 2 amide bonds. The molecule has 0 aliphatic carbocycles. The number of aliphatic carboxylic acids is 1. The van der Waals surface area contributed by atoms with Crippen molar-refractivity contribution in [1.82, 2.24) is 9.80 Å². The molecule has 2 N–H and O–H groups in total. The van der Waals surface area contributed by atoms with Crippen LogP contribution in [-0.2, 0) is 14.4 Å². The van der Waals surface area contributed by atoms with E-state index in [9.17, 15) is 24.6 Å². The number of carbonyl (C=O) groups excluding carboxylic acids is 2. The summed E-state index contributed by atoms with van der Waals surface area (Å²) in [5.74, 6) is -3.18. The van der Waals surface area contributed by atoms with Crippen LogP contribution in [0.5, 0.6) is 0 Å². The third-order valence-electron chi connectivity index (χ3n) is 8.25. The molecule has 0 radical (unpaired) electrons. The van der Waals surface area contributed by atoms with E-state index in [-0.39, 0.29) is 24.5 Å². The number of amides is 2. The van der Waals surface area contributed by atoms with Gasteiger partial charge in [0.25, 0.3) is 0 Å². The van der Waals surface area contributed by atoms with Gasteiger partial charge in [0.05, 0.1) is 29.2 Å². The molecule has 0 saturated carbocycles.